The maximum Gasteiger partial charge on any atom is 0.178 e. The minimum absolute atomic E-state index is 0.225. The van der Waals surface area contributed by atoms with Crippen LogP contribution >= 0.6 is 0 Å². The summed E-state index contributed by atoms with van der Waals surface area (Å²) in [6, 6.07) is 7.90. The minimum Gasteiger partial charge on any atom is -0.314 e. The molecule has 0 radical (unpaired) electrons. The number of hydrogen-bond acceptors (Lipinski definition) is 3. The van der Waals surface area contributed by atoms with Gasteiger partial charge in [0.25, 0.3) is 0 Å². The van der Waals surface area contributed by atoms with Crippen LogP contribution in [-0.4, -0.2) is 26.8 Å². The van der Waals surface area contributed by atoms with Gasteiger partial charge in [-0.2, -0.15) is 0 Å². The van der Waals surface area contributed by atoms with Gasteiger partial charge in [0.1, 0.15) is 0 Å². The lowest BCUT2D eigenvalue weighted by Gasteiger charge is -2.18. The molecule has 0 aromatic heterocycles. The molecule has 0 saturated carbocycles. The number of rotatable bonds is 10. The summed E-state index contributed by atoms with van der Waals surface area (Å²) in [4.78, 5) is 0.446. The van der Waals surface area contributed by atoms with E-state index >= 15 is 0 Å². The second kappa shape index (κ2) is 9.21. The van der Waals surface area contributed by atoms with Gasteiger partial charge in [0.15, 0.2) is 9.84 Å². The van der Waals surface area contributed by atoms with Crippen molar-refractivity contribution in [3.63, 3.8) is 0 Å². The first-order chi connectivity index (χ1) is 10.0. The smallest absolute Gasteiger partial charge is 0.178 e. The molecule has 0 bridgehead atoms. The van der Waals surface area contributed by atoms with Crippen molar-refractivity contribution in [2.75, 3.05) is 12.3 Å². The molecule has 1 aromatic rings. The normalized spacial score (nSPS) is 13.3. The van der Waals surface area contributed by atoms with E-state index in [2.05, 4.69) is 19.2 Å². The summed E-state index contributed by atoms with van der Waals surface area (Å²) in [6.07, 6.45) is 5.06. The van der Waals surface area contributed by atoms with E-state index in [0.29, 0.717) is 17.4 Å². The zero-order valence-corrected chi connectivity index (χ0v) is 14.4. The number of nitrogens with one attached hydrogen (secondary N) is 1. The third-order valence-corrected chi connectivity index (χ3v) is 5.49. The Balaban J connectivity index is 2.72. The monoisotopic (exact) mass is 311 g/mol. The molecule has 0 aliphatic rings. The summed E-state index contributed by atoms with van der Waals surface area (Å²) in [5.41, 5.74) is 1.20. The van der Waals surface area contributed by atoms with Crippen molar-refractivity contribution in [3.05, 3.63) is 29.8 Å². The Bertz CT molecular complexity index is 494. The topological polar surface area (TPSA) is 46.2 Å². The molecule has 0 heterocycles. The Kier molecular flexibility index (Phi) is 7.97. The predicted octanol–water partition coefficient (Wildman–Crippen LogP) is 3.58. The van der Waals surface area contributed by atoms with Crippen LogP contribution in [0.25, 0.3) is 0 Å². The second-order valence-electron chi connectivity index (χ2n) is 5.61. The van der Waals surface area contributed by atoms with Crippen molar-refractivity contribution in [3.8, 4) is 0 Å². The van der Waals surface area contributed by atoms with Gasteiger partial charge in [0.2, 0.25) is 0 Å². The molecule has 1 rings (SSSR count). The number of hydrogen-bond donors (Lipinski definition) is 1. The van der Waals surface area contributed by atoms with Crippen LogP contribution in [0, 0.1) is 0 Å². The maximum atomic E-state index is 12.0. The van der Waals surface area contributed by atoms with Crippen molar-refractivity contribution in [1.82, 2.24) is 5.32 Å². The number of sulfone groups is 1. The first-order valence-corrected chi connectivity index (χ1v) is 9.73. The highest BCUT2D eigenvalue weighted by Gasteiger charge is 2.13. The number of benzene rings is 1. The third-order valence-electron chi connectivity index (χ3n) is 3.56. The maximum absolute atomic E-state index is 12.0. The summed E-state index contributed by atoms with van der Waals surface area (Å²) in [6.45, 7) is 7.29. The standard InChI is InChI=1S/C17H29NO2S/c1-4-7-16(18-12-5-2)14-15-8-10-17(11-9-15)21(19,20)13-6-3/h8-11,16,18H,4-7,12-14H2,1-3H3. The lowest BCUT2D eigenvalue weighted by Crippen LogP contribution is -2.31. The highest BCUT2D eigenvalue weighted by atomic mass is 32.2. The molecule has 120 valence electrons. The summed E-state index contributed by atoms with van der Waals surface area (Å²) in [7, 11) is -3.10. The van der Waals surface area contributed by atoms with Gasteiger partial charge in [-0.3, -0.25) is 0 Å². The minimum atomic E-state index is -3.10. The molecule has 0 aliphatic heterocycles. The van der Waals surface area contributed by atoms with Gasteiger partial charge >= 0.3 is 0 Å². The largest absolute Gasteiger partial charge is 0.314 e. The molecule has 0 fully saturated rings. The van der Waals surface area contributed by atoms with E-state index in [1.165, 1.54) is 5.56 Å². The van der Waals surface area contributed by atoms with Crippen LogP contribution in [0.3, 0.4) is 0 Å². The van der Waals surface area contributed by atoms with Gasteiger partial charge in [0, 0.05) is 6.04 Å². The van der Waals surface area contributed by atoms with Crippen molar-refractivity contribution in [2.45, 2.75) is 63.8 Å². The molecule has 0 saturated heterocycles. The molecule has 0 aliphatic carbocycles. The molecule has 21 heavy (non-hydrogen) atoms. The van der Waals surface area contributed by atoms with E-state index in [1.807, 2.05) is 19.1 Å². The summed E-state index contributed by atoms with van der Waals surface area (Å²) in [5, 5.41) is 3.57. The van der Waals surface area contributed by atoms with Crippen molar-refractivity contribution >= 4 is 9.84 Å². The average molecular weight is 311 g/mol. The van der Waals surface area contributed by atoms with Gasteiger partial charge < -0.3 is 5.32 Å². The molecule has 0 amide bonds. The molecule has 3 nitrogen and oxygen atoms in total. The third kappa shape index (κ3) is 6.18. The van der Waals surface area contributed by atoms with Gasteiger partial charge in [-0.15, -0.1) is 0 Å². The Morgan fingerprint density at radius 1 is 1.00 bits per heavy atom. The van der Waals surface area contributed by atoms with E-state index in [-0.39, 0.29) is 5.75 Å². The molecular weight excluding hydrogens is 282 g/mol. The highest BCUT2D eigenvalue weighted by Crippen LogP contribution is 2.15. The summed E-state index contributed by atoms with van der Waals surface area (Å²) < 4.78 is 24.0. The lowest BCUT2D eigenvalue weighted by molar-refractivity contribution is 0.473. The van der Waals surface area contributed by atoms with Crippen molar-refractivity contribution in [1.29, 1.82) is 0 Å². The SMILES string of the molecule is CCCNC(CCC)Cc1ccc(S(=O)(=O)CCC)cc1. The van der Waals surface area contributed by atoms with Gasteiger partial charge in [-0.1, -0.05) is 39.3 Å². The molecular formula is C17H29NO2S. The molecule has 4 heteroatoms. The van der Waals surface area contributed by atoms with Gasteiger partial charge in [-0.25, -0.2) is 8.42 Å². The Morgan fingerprint density at radius 2 is 1.67 bits per heavy atom. The fourth-order valence-corrected chi connectivity index (χ4v) is 3.80. The van der Waals surface area contributed by atoms with Crippen LogP contribution in [0.15, 0.2) is 29.2 Å². The Labute approximate surface area is 130 Å². The fraction of sp³-hybridized carbons (Fsp3) is 0.647. The molecule has 0 spiro atoms. The van der Waals surface area contributed by atoms with Crippen molar-refractivity contribution in [2.24, 2.45) is 0 Å². The first kappa shape index (κ1) is 18.2. The van der Waals surface area contributed by atoms with Crippen LogP contribution in [0.5, 0.6) is 0 Å². The summed E-state index contributed by atoms with van der Waals surface area (Å²) in [5.74, 6) is 0.225. The quantitative estimate of drug-likeness (QED) is 0.718. The predicted molar refractivity (Wildman–Crippen MR) is 89.5 cm³/mol. The van der Waals surface area contributed by atoms with Crippen molar-refractivity contribution < 1.29 is 8.42 Å². The van der Waals surface area contributed by atoms with Crippen LogP contribution in [-0.2, 0) is 16.3 Å². The van der Waals surface area contributed by atoms with Crippen LogP contribution < -0.4 is 5.32 Å². The zero-order chi connectivity index (χ0) is 15.7. The van der Waals surface area contributed by atoms with Gasteiger partial charge in [0.05, 0.1) is 10.6 Å². The second-order valence-corrected chi connectivity index (χ2v) is 7.72. The Morgan fingerprint density at radius 3 is 2.19 bits per heavy atom. The van der Waals surface area contributed by atoms with E-state index in [0.717, 1.165) is 32.2 Å². The average Bonchev–Trinajstić information content (AvgIpc) is 2.45. The summed E-state index contributed by atoms with van der Waals surface area (Å²) >= 11 is 0. The van der Waals surface area contributed by atoms with Crippen LogP contribution in [0.1, 0.15) is 52.0 Å². The van der Waals surface area contributed by atoms with Crippen LogP contribution in [0.2, 0.25) is 0 Å². The lowest BCUT2D eigenvalue weighted by atomic mass is 10.0. The van der Waals surface area contributed by atoms with E-state index in [9.17, 15) is 8.42 Å². The molecule has 1 N–H and O–H groups in total. The Hall–Kier alpha value is -0.870. The van der Waals surface area contributed by atoms with E-state index in [1.54, 1.807) is 12.1 Å². The van der Waals surface area contributed by atoms with Gasteiger partial charge in [-0.05, 0) is 49.9 Å². The van der Waals surface area contributed by atoms with Crippen LogP contribution in [0.4, 0.5) is 0 Å². The zero-order valence-electron chi connectivity index (χ0n) is 13.6. The highest BCUT2D eigenvalue weighted by molar-refractivity contribution is 7.91. The molecule has 1 atom stereocenters. The first-order valence-electron chi connectivity index (χ1n) is 8.08. The van der Waals surface area contributed by atoms with E-state index in [4.69, 9.17) is 0 Å². The fourth-order valence-electron chi connectivity index (χ4n) is 2.48. The molecule has 1 aromatic carbocycles. The van der Waals surface area contributed by atoms with E-state index < -0.39 is 9.84 Å². The molecule has 1 unspecified atom stereocenters.